The zero-order chi connectivity index (χ0) is 14.5. The van der Waals surface area contributed by atoms with Gasteiger partial charge in [0, 0.05) is 19.6 Å². The molecule has 0 atom stereocenters. The Morgan fingerprint density at radius 3 is 2.86 bits per heavy atom. The molecule has 2 heterocycles. The number of ether oxygens (including phenoxy) is 1. The number of para-hydroxylation sites is 2. The van der Waals surface area contributed by atoms with Crippen LogP contribution in [0.1, 0.15) is 19.8 Å². The van der Waals surface area contributed by atoms with Crippen molar-refractivity contribution < 1.29 is 4.74 Å². The third-order valence-electron chi connectivity index (χ3n) is 3.83. The largest absolute Gasteiger partial charge is 0.379 e. The highest BCUT2D eigenvalue weighted by Gasteiger charge is 2.14. The summed E-state index contributed by atoms with van der Waals surface area (Å²) in [5.41, 5.74) is 2.37. The molecule has 21 heavy (non-hydrogen) atoms. The monoisotopic (exact) mass is 305 g/mol. The number of hydrogen-bond donors (Lipinski definition) is 0. The molecule has 1 saturated heterocycles. The molecule has 0 unspecified atom stereocenters. The fourth-order valence-corrected chi connectivity index (χ4v) is 3.64. The van der Waals surface area contributed by atoms with E-state index >= 15 is 0 Å². The second-order valence-corrected chi connectivity index (χ2v) is 6.30. The molecule has 114 valence electrons. The first-order chi connectivity index (χ1) is 10.4. The van der Waals surface area contributed by atoms with Crippen LogP contribution in [-0.4, -0.2) is 46.6 Å². The van der Waals surface area contributed by atoms with E-state index in [1.807, 2.05) is 11.8 Å². The van der Waals surface area contributed by atoms with Crippen molar-refractivity contribution in [2.45, 2.75) is 31.5 Å². The van der Waals surface area contributed by atoms with Crippen LogP contribution in [0, 0.1) is 0 Å². The van der Waals surface area contributed by atoms with E-state index in [1.165, 1.54) is 18.4 Å². The summed E-state index contributed by atoms with van der Waals surface area (Å²) in [6.45, 7) is 7.06. The van der Waals surface area contributed by atoms with Crippen LogP contribution in [0.2, 0.25) is 0 Å². The molecule has 0 spiro atoms. The van der Waals surface area contributed by atoms with Crippen molar-refractivity contribution in [3.63, 3.8) is 0 Å². The van der Waals surface area contributed by atoms with Crippen molar-refractivity contribution in [3.8, 4) is 0 Å². The summed E-state index contributed by atoms with van der Waals surface area (Å²) in [4.78, 5) is 7.26. The number of unbranched alkanes of at least 4 members (excludes halogenated alkanes) is 1. The fraction of sp³-hybridized carbons (Fsp3) is 0.562. The normalized spacial score (nSPS) is 16.6. The first-order valence-electron chi connectivity index (χ1n) is 7.76. The van der Waals surface area contributed by atoms with E-state index < -0.39 is 0 Å². The SMILES string of the molecule is CCCCn1c(SCN2CCOCC2)nc2ccccc21. The van der Waals surface area contributed by atoms with Crippen LogP contribution in [0.4, 0.5) is 0 Å². The molecule has 3 rings (SSSR count). The van der Waals surface area contributed by atoms with E-state index in [4.69, 9.17) is 9.72 Å². The molecule has 5 heteroatoms. The van der Waals surface area contributed by atoms with Crippen LogP contribution in [0.5, 0.6) is 0 Å². The maximum atomic E-state index is 5.40. The van der Waals surface area contributed by atoms with Gasteiger partial charge in [-0.15, -0.1) is 0 Å². The smallest absolute Gasteiger partial charge is 0.170 e. The summed E-state index contributed by atoms with van der Waals surface area (Å²) < 4.78 is 7.78. The quantitative estimate of drug-likeness (QED) is 0.767. The van der Waals surface area contributed by atoms with Crippen molar-refractivity contribution in [2.75, 3.05) is 32.2 Å². The van der Waals surface area contributed by atoms with Gasteiger partial charge in [0.1, 0.15) is 0 Å². The Hall–Kier alpha value is -1.04. The summed E-state index contributed by atoms with van der Waals surface area (Å²) in [5, 5.41) is 1.15. The Morgan fingerprint density at radius 2 is 2.05 bits per heavy atom. The zero-order valence-corrected chi connectivity index (χ0v) is 13.4. The molecule has 0 N–H and O–H groups in total. The Balaban J connectivity index is 1.75. The van der Waals surface area contributed by atoms with Crippen LogP contribution in [0.3, 0.4) is 0 Å². The number of morpholine rings is 1. The summed E-state index contributed by atoms with van der Waals surface area (Å²) in [6.07, 6.45) is 2.41. The average molecular weight is 305 g/mol. The molecule has 1 aliphatic heterocycles. The molecule has 0 radical (unpaired) electrons. The number of imidazole rings is 1. The van der Waals surface area contributed by atoms with Crippen LogP contribution in [0.15, 0.2) is 29.4 Å². The van der Waals surface area contributed by atoms with Gasteiger partial charge >= 0.3 is 0 Å². The Labute approximate surface area is 130 Å². The third-order valence-corrected chi connectivity index (χ3v) is 4.90. The highest BCUT2D eigenvalue weighted by molar-refractivity contribution is 7.99. The number of rotatable bonds is 6. The number of hydrogen-bond acceptors (Lipinski definition) is 4. The first-order valence-corrected chi connectivity index (χ1v) is 8.75. The highest BCUT2D eigenvalue weighted by atomic mass is 32.2. The Morgan fingerprint density at radius 1 is 1.24 bits per heavy atom. The predicted octanol–water partition coefficient (Wildman–Crippen LogP) is 3.22. The minimum atomic E-state index is 0.854. The molecule has 0 aliphatic carbocycles. The molecule has 0 bridgehead atoms. The summed E-state index contributed by atoms with van der Waals surface area (Å²) >= 11 is 1.85. The number of thioether (sulfide) groups is 1. The Bertz CT molecular complexity index is 578. The van der Waals surface area contributed by atoms with Crippen molar-refractivity contribution >= 4 is 22.8 Å². The van der Waals surface area contributed by atoms with Gasteiger partial charge in [-0.3, -0.25) is 4.90 Å². The third kappa shape index (κ3) is 3.59. The molecule has 4 nitrogen and oxygen atoms in total. The lowest BCUT2D eigenvalue weighted by molar-refractivity contribution is 0.0473. The minimum absolute atomic E-state index is 0.854. The molecule has 1 aromatic heterocycles. The van der Waals surface area contributed by atoms with Gasteiger partial charge in [-0.25, -0.2) is 4.98 Å². The highest BCUT2D eigenvalue weighted by Crippen LogP contribution is 2.25. The van der Waals surface area contributed by atoms with E-state index in [9.17, 15) is 0 Å². The molecule has 2 aromatic rings. The van der Waals surface area contributed by atoms with Crippen LogP contribution in [-0.2, 0) is 11.3 Å². The zero-order valence-electron chi connectivity index (χ0n) is 12.6. The summed E-state index contributed by atoms with van der Waals surface area (Å²) in [5.74, 6) is 0.999. The van der Waals surface area contributed by atoms with Gasteiger partial charge in [0.15, 0.2) is 5.16 Å². The number of benzene rings is 1. The van der Waals surface area contributed by atoms with Crippen molar-refractivity contribution in [1.29, 1.82) is 0 Å². The maximum absolute atomic E-state index is 5.40. The first kappa shape index (κ1) is 14.9. The van der Waals surface area contributed by atoms with Crippen LogP contribution in [0.25, 0.3) is 11.0 Å². The molecular formula is C16H23N3OS. The maximum Gasteiger partial charge on any atom is 0.170 e. The molecule has 1 aliphatic rings. The van der Waals surface area contributed by atoms with E-state index in [0.29, 0.717) is 0 Å². The van der Waals surface area contributed by atoms with Crippen LogP contribution >= 0.6 is 11.8 Å². The van der Waals surface area contributed by atoms with Gasteiger partial charge < -0.3 is 9.30 Å². The van der Waals surface area contributed by atoms with E-state index in [1.54, 1.807) is 0 Å². The van der Waals surface area contributed by atoms with Crippen molar-refractivity contribution in [3.05, 3.63) is 24.3 Å². The molecule has 1 aromatic carbocycles. The molecule has 0 saturated carbocycles. The molecular weight excluding hydrogens is 282 g/mol. The number of aryl methyl sites for hydroxylation is 1. The van der Waals surface area contributed by atoms with E-state index in [0.717, 1.165) is 49.4 Å². The van der Waals surface area contributed by atoms with Gasteiger partial charge in [-0.2, -0.15) is 0 Å². The Kier molecular flexibility index (Phi) is 5.17. The van der Waals surface area contributed by atoms with Crippen molar-refractivity contribution in [2.24, 2.45) is 0 Å². The fourth-order valence-electron chi connectivity index (χ4n) is 2.58. The van der Waals surface area contributed by atoms with Gasteiger partial charge in [0.2, 0.25) is 0 Å². The van der Waals surface area contributed by atoms with Gasteiger partial charge in [-0.05, 0) is 18.6 Å². The lowest BCUT2D eigenvalue weighted by Gasteiger charge is -2.25. The van der Waals surface area contributed by atoms with Gasteiger partial charge in [-0.1, -0.05) is 37.2 Å². The lowest BCUT2D eigenvalue weighted by Crippen LogP contribution is -2.35. The van der Waals surface area contributed by atoms with Crippen LogP contribution < -0.4 is 0 Å². The summed E-state index contributed by atoms with van der Waals surface area (Å²) in [7, 11) is 0. The number of nitrogens with zero attached hydrogens (tertiary/aromatic N) is 3. The number of aromatic nitrogens is 2. The molecule has 1 fully saturated rings. The lowest BCUT2D eigenvalue weighted by atomic mass is 10.3. The van der Waals surface area contributed by atoms with Gasteiger partial charge in [0.25, 0.3) is 0 Å². The minimum Gasteiger partial charge on any atom is -0.379 e. The predicted molar refractivity (Wildman–Crippen MR) is 87.8 cm³/mol. The van der Waals surface area contributed by atoms with E-state index in [-0.39, 0.29) is 0 Å². The van der Waals surface area contributed by atoms with E-state index in [2.05, 4.69) is 40.7 Å². The van der Waals surface area contributed by atoms with Gasteiger partial charge in [0.05, 0.1) is 30.1 Å². The average Bonchev–Trinajstić information content (AvgIpc) is 2.89. The topological polar surface area (TPSA) is 30.3 Å². The van der Waals surface area contributed by atoms with Crippen molar-refractivity contribution in [1.82, 2.24) is 14.5 Å². The number of fused-ring (bicyclic) bond motifs is 1. The second kappa shape index (κ2) is 7.29. The molecule has 0 amide bonds. The second-order valence-electron chi connectivity index (χ2n) is 5.39. The standard InChI is InChI=1S/C16H23N3OS/c1-2-3-8-19-15-7-5-4-6-14(15)17-16(19)21-13-18-9-11-20-12-10-18/h4-7H,2-3,8-13H2,1H3. The summed E-state index contributed by atoms with van der Waals surface area (Å²) in [6, 6.07) is 8.45.